The highest BCUT2D eigenvalue weighted by Crippen LogP contribution is 2.50. The number of fused-ring (bicyclic) bond motifs is 1. The second-order valence-electron chi connectivity index (χ2n) is 5.39. The Kier molecular flexibility index (Phi) is 2.91. The molecule has 1 saturated heterocycles. The van der Waals surface area contributed by atoms with Gasteiger partial charge >= 0.3 is 0 Å². The lowest BCUT2D eigenvalue weighted by molar-refractivity contribution is 0.184. The number of likely N-dealkylation sites (tertiary alicyclic amines) is 1. The summed E-state index contributed by atoms with van der Waals surface area (Å²) in [5.41, 5.74) is 0. The topological polar surface area (TPSA) is 3.24 Å². The fraction of sp³-hybridized carbons (Fsp3) is 1.00. The lowest BCUT2D eigenvalue weighted by atomic mass is 9.47. The first-order valence-corrected chi connectivity index (χ1v) is 6.28. The summed E-state index contributed by atoms with van der Waals surface area (Å²) in [5, 5.41) is 1.00. The van der Waals surface area contributed by atoms with Crippen molar-refractivity contribution in [3.05, 3.63) is 0 Å². The van der Waals surface area contributed by atoms with Gasteiger partial charge in [-0.25, -0.2) is 0 Å². The van der Waals surface area contributed by atoms with Crippen LogP contribution in [-0.2, 0) is 0 Å². The van der Waals surface area contributed by atoms with Crippen LogP contribution in [0.25, 0.3) is 0 Å². The zero-order valence-electron chi connectivity index (χ0n) is 9.53. The van der Waals surface area contributed by atoms with E-state index in [1.54, 1.807) is 0 Å². The molecule has 0 aromatic carbocycles. The van der Waals surface area contributed by atoms with E-state index in [1.807, 2.05) is 0 Å². The van der Waals surface area contributed by atoms with Crippen LogP contribution in [0, 0.1) is 5.92 Å². The van der Waals surface area contributed by atoms with Crippen molar-refractivity contribution >= 4 is 19.9 Å². The summed E-state index contributed by atoms with van der Waals surface area (Å²) < 4.78 is 0. The summed E-state index contributed by atoms with van der Waals surface area (Å²) in [6, 6.07) is 0.811. The third-order valence-corrected chi connectivity index (χ3v) is 5.06. The average molecular weight is 210 g/mol. The maximum absolute atomic E-state index is 4.64. The van der Waals surface area contributed by atoms with Crippen LogP contribution >= 0.6 is 12.6 Å². The Bertz CT molecular complexity index is 223. The van der Waals surface area contributed by atoms with Crippen LogP contribution in [0.4, 0.5) is 0 Å². The van der Waals surface area contributed by atoms with Gasteiger partial charge in [0.15, 0.2) is 0 Å². The molecule has 14 heavy (non-hydrogen) atoms. The molecule has 0 aromatic rings. The first-order chi connectivity index (χ1) is 6.56. The molecule has 2 rings (SSSR count). The molecule has 79 valence electrons. The van der Waals surface area contributed by atoms with E-state index >= 15 is 0 Å². The minimum Gasteiger partial charge on any atom is -0.291 e. The monoisotopic (exact) mass is 210 g/mol. The van der Waals surface area contributed by atoms with Crippen molar-refractivity contribution in [1.82, 2.24) is 4.90 Å². The van der Waals surface area contributed by atoms with Crippen molar-refractivity contribution in [2.45, 2.75) is 56.2 Å². The van der Waals surface area contributed by atoms with Crippen LogP contribution in [-0.4, -0.2) is 30.6 Å². The molecule has 1 radical (unpaired) electrons. The van der Waals surface area contributed by atoms with Gasteiger partial charge in [0.2, 0.25) is 0 Å². The van der Waals surface area contributed by atoms with Gasteiger partial charge in [0, 0.05) is 6.04 Å². The lowest BCUT2D eigenvalue weighted by Gasteiger charge is -2.41. The minimum atomic E-state index is 0.500. The summed E-state index contributed by atoms with van der Waals surface area (Å²) in [4.78, 5) is 2.48. The first kappa shape index (κ1) is 10.9. The number of thiol groups is 1. The fourth-order valence-electron chi connectivity index (χ4n) is 3.25. The van der Waals surface area contributed by atoms with Crippen molar-refractivity contribution in [3.8, 4) is 0 Å². The second kappa shape index (κ2) is 3.75. The maximum atomic E-state index is 4.64. The Morgan fingerprint density at radius 3 is 2.86 bits per heavy atom. The van der Waals surface area contributed by atoms with Gasteiger partial charge in [0.1, 0.15) is 7.28 Å². The van der Waals surface area contributed by atoms with Crippen LogP contribution in [0.15, 0.2) is 0 Å². The predicted molar refractivity (Wildman–Crippen MR) is 66.3 cm³/mol. The molecular formula is C11H21BNS. The smallest absolute Gasteiger partial charge is 0.114 e. The Morgan fingerprint density at radius 1 is 1.50 bits per heavy atom. The van der Waals surface area contributed by atoms with Gasteiger partial charge in [0.25, 0.3) is 0 Å². The third kappa shape index (κ3) is 1.74. The van der Waals surface area contributed by atoms with E-state index in [0.29, 0.717) is 10.7 Å². The van der Waals surface area contributed by atoms with Gasteiger partial charge in [-0.05, 0) is 25.8 Å². The zero-order valence-corrected chi connectivity index (χ0v) is 10.4. The summed E-state index contributed by atoms with van der Waals surface area (Å²) in [7, 11) is 4.65. The summed E-state index contributed by atoms with van der Waals surface area (Å²) in [5.74, 6) is 0.887. The average Bonchev–Trinajstić information content (AvgIpc) is 2.42. The van der Waals surface area contributed by atoms with Gasteiger partial charge < -0.3 is 0 Å². The quantitative estimate of drug-likeness (QED) is 0.514. The largest absolute Gasteiger partial charge is 0.291 e. The van der Waals surface area contributed by atoms with E-state index in [0.717, 1.165) is 12.0 Å². The van der Waals surface area contributed by atoms with E-state index in [1.165, 1.54) is 25.7 Å². The molecule has 3 heteroatoms. The number of rotatable bonds is 1. The van der Waals surface area contributed by atoms with E-state index in [4.69, 9.17) is 0 Å². The molecular weight excluding hydrogens is 189 g/mol. The molecule has 1 aliphatic carbocycles. The van der Waals surface area contributed by atoms with Crippen LogP contribution in [0.3, 0.4) is 0 Å². The van der Waals surface area contributed by atoms with Crippen LogP contribution < -0.4 is 0 Å². The van der Waals surface area contributed by atoms with Gasteiger partial charge in [0.05, 0.1) is 5.37 Å². The minimum absolute atomic E-state index is 0.500. The van der Waals surface area contributed by atoms with Gasteiger partial charge in [-0.1, -0.05) is 31.9 Å². The molecule has 0 N–H and O–H groups in total. The van der Waals surface area contributed by atoms with Crippen LogP contribution in [0.5, 0.6) is 0 Å². The molecule has 0 bridgehead atoms. The van der Waals surface area contributed by atoms with Crippen molar-refractivity contribution in [2.24, 2.45) is 5.92 Å². The van der Waals surface area contributed by atoms with Crippen molar-refractivity contribution in [1.29, 1.82) is 0 Å². The van der Waals surface area contributed by atoms with Crippen molar-refractivity contribution in [3.63, 3.8) is 0 Å². The Morgan fingerprint density at radius 2 is 2.21 bits per heavy atom. The van der Waals surface area contributed by atoms with Gasteiger partial charge in [-0.2, -0.15) is 12.6 Å². The van der Waals surface area contributed by atoms with E-state index in [-0.39, 0.29) is 0 Å². The SMILES string of the molecule is C[B]C1(C)CCC2C(CC(S)N2C)C1. The maximum Gasteiger partial charge on any atom is 0.114 e. The highest BCUT2D eigenvalue weighted by atomic mass is 32.1. The molecule has 1 nitrogen and oxygen atoms in total. The van der Waals surface area contributed by atoms with Crippen molar-refractivity contribution < 1.29 is 0 Å². The number of hydrogen-bond donors (Lipinski definition) is 1. The molecule has 0 aromatic heterocycles. The molecule has 4 atom stereocenters. The highest BCUT2D eigenvalue weighted by Gasteiger charge is 2.44. The third-order valence-electron chi connectivity index (χ3n) is 4.49. The number of hydrogen-bond acceptors (Lipinski definition) is 2. The second-order valence-corrected chi connectivity index (χ2v) is 5.99. The van der Waals surface area contributed by atoms with E-state index in [2.05, 4.69) is 45.6 Å². The van der Waals surface area contributed by atoms with Gasteiger partial charge in [-0.3, -0.25) is 4.90 Å². The normalized spacial score (nSPS) is 49.0. The summed E-state index contributed by atoms with van der Waals surface area (Å²) >= 11 is 4.64. The summed E-state index contributed by atoms with van der Waals surface area (Å²) in [6.07, 6.45) is 5.37. The lowest BCUT2D eigenvalue weighted by Crippen LogP contribution is -2.38. The van der Waals surface area contributed by atoms with E-state index < -0.39 is 0 Å². The summed E-state index contributed by atoms with van der Waals surface area (Å²) in [6.45, 7) is 4.63. The molecule has 2 fully saturated rings. The van der Waals surface area contributed by atoms with Crippen molar-refractivity contribution in [2.75, 3.05) is 7.05 Å². The van der Waals surface area contributed by atoms with Gasteiger partial charge in [-0.15, -0.1) is 0 Å². The Balaban J connectivity index is 2.06. The predicted octanol–water partition coefficient (Wildman–Crippen LogP) is 2.68. The van der Waals surface area contributed by atoms with Crippen LogP contribution in [0.2, 0.25) is 12.1 Å². The highest BCUT2D eigenvalue weighted by molar-refractivity contribution is 7.80. The molecule has 0 spiro atoms. The Hall–Kier alpha value is 0.375. The fourth-order valence-corrected chi connectivity index (χ4v) is 3.69. The molecule has 4 unspecified atom stereocenters. The van der Waals surface area contributed by atoms with E-state index in [9.17, 15) is 0 Å². The zero-order chi connectivity index (χ0) is 10.3. The molecule has 1 aliphatic heterocycles. The molecule has 1 heterocycles. The Labute approximate surface area is 94.3 Å². The van der Waals surface area contributed by atoms with Crippen LogP contribution in [0.1, 0.15) is 32.6 Å². The molecule has 2 aliphatic rings. The molecule has 1 saturated carbocycles. The molecule has 0 amide bonds. The number of nitrogens with zero attached hydrogens (tertiary/aromatic N) is 1. The standard InChI is InChI=1S/C11H21BNS/c1-11(12-2)5-4-9-8(7-11)6-10(14)13(9)3/h8-10,14H,4-7H2,1-3H3. The first-order valence-electron chi connectivity index (χ1n) is 5.76.